The number of carbonyl (C=O) groups excluding carboxylic acids is 1. The number of nitro benzene ring substituents is 1. The summed E-state index contributed by atoms with van der Waals surface area (Å²) >= 11 is 0. The highest BCUT2D eigenvalue weighted by Gasteiger charge is 2.21. The van der Waals surface area contributed by atoms with Crippen molar-refractivity contribution < 1.29 is 14.5 Å². The molecular formula is C12H13N3O4. The van der Waals surface area contributed by atoms with Crippen molar-refractivity contribution in [2.75, 3.05) is 25.1 Å². The zero-order valence-corrected chi connectivity index (χ0v) is 10.6. The van der Waals surface area contributed by atoms with E-state index in [1.165, 1.54) is 30.2 Å². The van der Waals surface area contributed by atoms with Gasteiger partial charge in [0.2, 0.25) is 0 Å². The van der Waals surface area contributed by atoms with Crippen molar-refractivity contribution >= 4 is 17.3 Å². The SMILES string of the molecule is CCN(CC(=O)OC)c1cc(C#N)ccc1[N+](=O)[O-]. The number of rotatable bonds is 5. The first-order valence-corrected chi connectivity index (χ1v) is 5.53. The summed E-state index contributed by atoms with van der Waals surface area (Å²) in [6.07, 6.45) is 0. The molecule has 0 radical (unpaired) electrons. The third-order valence-electron chi connectivity index (χ3n) is 2.57. The summed E-state index contributed by atoms with van der Waals surface area (Å²) in [5.74, 6) is -0.501. The number of hydrogen-bond donors (Lipinski definition) is 0. The number of carbonyl (C=O) groups is 1. The van der Waals surface area contributed by atoms with Crippen LogP contribution in [0.1, 0.15) is 12.5 Å². The molecule has 7 heteroatoms. The van der Waals surface area contributed by atoms with Gasteiger partial charge in [0.15, 0.2) is 0 Å². The minimum Gasteiger partial charge on any atom is -0.468 e. The number of esters is 1. The standard InChI is InChI=1S/C12H13N3O4/c1-3-14(8-12(16)19-2)11-6-9(7-13)4-5-10(11)15(17)18/h4-6H,3,8H2,1-2H3. The first-order valence-electron chi connectivity index (χ1n) is 5.53. The molecular weight excluding hydrogens is 250 g/mol. The van der Waals surface area contributed by atoms with Gasteiger partial charge in [0.25, 0.3) is 5.69 Å². The van der Waals surface area contributed by atoms with E-state index < -0.39 is 10.9 Å². The number of benzene rings is 1. The maximum atomic E-state index is 11.3. The normalized spacial score (nSPS) is 9.53. The molecule has 1 aromatic carbocycles. The average Bonchev–Trinajstić information content (AvgIpc) is 2.43. The van der Waals surface area contributed by atoms with Crippen LogP contribution in [0.25, 0.3) is 0 Å². The molecule has 0 saturated heterocycles. The second-order valence-electron chi connectivity index (χ2n) is 3.66. The molecule has 0 aliphatic rings. The first-order chi connectivity index (χ1) is 9.03. The monoisotopic (exact) mass is 263 g/mol. The minimum absolute atomic E-state index is 0.108. The Balaban J connectivity index is 3.23. The largest absolute Gasteiger partial charge is 0.468 e. The van der Waals surface area contributed by atoms with E-state index in [2.05, 4.69) is 4.74 Å². The van der Waals surface area contributed by atoms with E-state index in [0.29, 0.717) is 12.1 Å². The van der Waals surface area contributed by atoms with Crippen LogP contribution >= 0.6 is 0 Å². The van der Waals surface area contributed by atoms with Crippen LogP contribution in [0.4, 0.5) is 11.4 Å². The fourth-order valence-electron chi connectivity index (χ4n) is 1.59. The van der Waals surface area contributed by atoms with Crippen molar-refractivity contribution in [3.05, 3.63) is 33.9 Å². The number of nitro groups is 1. The van der Waals surface area contributed by atoms with Gasteiger partial charge in [0.05, 0.1) is 23.7 Å². The quantitative estimate of drug-likeness (QED) is 0.453. The van der Waals surface area contributed by atoms with Crippen molar-refractivity contribution in [1.29, 1.82) is 5.26 Å². The summed E-state index contributed by atoms with van der Waals surface area (Å²) in [5, 5.41) is 19.8. The van der Waals surface area contributed by atoms with Crippen molar-refractivity contribution in [2.45, 2.75) is 6.92 Å². The van der Waals surface area contributed by atoms with Gasteiger partial charge in [-0.3, -0.25) is 14.9 Å². The maximum Gasteiger partial charge on any atom is 0.325 e. The molecule has 0 aliphatic carbocycles. The molecule has 0 aliphatic heterocycles. The van der Waals surface area contributed by atoms with Crippen LogP contribution < -0.4 is 4.90 Å². The topological polar surface area (TPSA) is 96.5 Å². The van der Waals surface area contributed by atoms with Gasteiger partial charge in [0.1, 0.15) is 12.2 Å². The highest BCUT2D eigenvalue weighted by Crippen LogP contribution is 2.29. The summed E-state index contributed by atoms with van der Waals surface area (Å²) < 4.78 is 4.55. The molecule has 0 fully saturated rings. The smallest absolute Gasteiger partial charge is 0.325 e. The number of anilines is 1. The molecule has 0 unspecified atom stereocenters. The highest BCUT2D eigenvalue weighted by molar-refractivity contribution is 5.78. The lowest BCUT2D eigenvalue weighted by Crippen LogP contribution is -2.30. The molecule has 100 valence electrons. The van der Waals surface area contributed by atoms with Crippen LogP contribution in [-0.2, 0) is 9.53 Å². The summed E-state index contributed by atoms with van der Waals surface area (Å²) in [4.78, 5) is 23.2. The lowest BCUT2D eigenvalue weighted by Gasteiger charge is -2.21. The highest BCUT2D eigenvalue weighted by atomic mass is 16.6. The average molecular weight is 263 g/mol. The molecule has 7 nitrogen and oxygen atoms in total. The third-order valence-corrected chi connectivity index (χ3v) is 2.57. The summed E-state index contributed by atoms with van der Waals surface area (Å²) in [7, 11) is 1.25. The zero-order valence-electron chi connectivity index (χ0n) is 10.6. The van der Waals surface area contributed by atoms with Gasteiger partial charge in [-0.25, -0.2) is 0 Å². The van der Waals surface area contributed by atoms with Crippen LogP contribution in [0, 0.1) is 21.4 Å². The van der Waals surface area contributed by atoms with Gasteiger partial charge in [-0.2, -0.15) is 5.26 Å². The lowest BCUT2D eigenvalue weighted by atomic mass is 10.1. The van der Waals surface area contributed by atoms with Gasteiger partial charge in [-0.15, -0.1) is 0 Å². The second kappa shape index (κ2) is 6.35. The van der Waals surface area contributed by atoms with Crippen LogP contribution in [-0.4, -0.2) is 31.1 Å². The first kappa shape index (κ1) is 14.4. The van der Waals surface area contributed by atoms with Gasteiger partial charge in [-0.1, -0.05) is 0 Å². The number of nitriles is 1. The Bertz CT molecular complexity index is 536. The molecule has 0 heterocycles. The van der Waals surface area contributed by atoms with E-state index in [4.69, 9.17) is 5.26 Å². The Labute approximate surface area is 110 Å². The second-order valence-corrected chi connectivity index (χ2v) is 3.66. The Kier molecular flexibility index (Phi) is 4.83. The van der Waals surface area contributed by atoms with Crippen molar-refractivity contribution in [3.63, 3.8) is 0 Å². The number of hydrogen-bond acceptors (Lipinski definition) is 6. The number of ether oxygens (including phenoxy) is 1. The van der Waals surface area contributed by atoms with Gasteiger partial charge in [-0.05, 0) is 19.1 Å². The summed E-state index contributed by atoms with van der Waals surface area (Å²) in [6, 6.07) is 5.93. The Morgan fingerprint density at radius 2 is 2.26 bits per heavy atom. The lowest BCUT2D eigenvalue weighted by molar-refractivity contribution is -0.384. The van der Waals surface area contributed by atoms with E-state index in [1.54, 1.807) is 6.92 Å². The molecule has 19 heavy (non-hydrogen) atoms. The van der Waals surface area contributed by atoms with E-state index in [1.807, 2.05) is 6.07 Å². The Morgan fingerprint density at radius 1 is 1.58 bits per heavy atom. The molecule has 0 bridgehead atoms. The molecule has 0 spiro atoms. The molecule has 0 atom stereocenters. The predicted octanol–water partition coefficient (Wildman–Crippen LogP) is 1.47. The number of nitrogens with zero attached hydrogens (tertiary/aromatic N) is 3. The van der Waals surface area contributed by atoms with Gasteiger partial charge >= 0.3 is 5.97 Å². The van der Waals surface area contributed by atoms with E-state index in [-0.39, 0.29) is 17.9 Å². The third kappa shape index (κ3) is 3.42. The minimum atomic E-state index is -0.545. The molecule has 0 N–H and O–H groups in total. The number of likely N-dealkylation sites (N-methyl/N-ethyl adjacent to an activating group) is 1. The fourth-order valence-corrected chi connectivity index (χ4v) is 1.59. The van der Waals surface area contributed by atoms with Crippen LogP contribution in [0.2, 0.25) is 0 Å². The zero-order chi connectivity index (χ0) is 14.4. The van der Waals surface area contributed by atoms with Crippen LogP contribution in [0.3, 0.4) is 0 Å². The molecule has 0 amide bonds. The van der Waals surface area contributed by atoms with Crippen molar-refractivity contribution in [3.8, 4) is 6.07 Å². The van der Waals surface area contributed by atoms with E-state index in [9.17, 15) is 14.9 Å². The van der Waals surface area contributed by atoms with Crippen molar-refractivity contribution in [1.82, 2.24) is 0 Å². The van der Waals surface area contributed by atoms with Gasteiger partial charge in [0, 0.05) is 12.6 Å². The van der Waals surface area contributed by atoms with Crippen LogP contribution in [0.15, 0.2) is 18.2 Å². The molecule has 1 aromatic rings. The molecule has 0 saturated carbocycles. The van der Waals surface area contributed by atoms with Gasteiger partial charge < -0.3 is 9.64 Å². The summed E-state index contributed by atoms with van der Waals surface area (Å²) in [6.45, 7) is 2.03. The van der Waals surface area contributed by atoms with Crippen LogP contribution in [0.5, 0.6) is 0 Å². The van der Waals surface area contributed by atoms with E-state index >= 15 is 0 Å². The maximum absolute atomic E-state index is 11.3. The Morgan fingerprint density at radius 3 is 2.74 bits per heavy atom. The summed E-state index contributed by atoms with van der Waals surface area (Å²) in [5.41, 5.74) is 0.380. The number of methoxy groups -OCH3 is 1. The van der Waals surface area contributed by atoms with E-state index in [0.717, 1.165) is 0 Å². The molecule has 0 aromatic heterocycles. The predicted molar refractivity (Wildman–Crippen MR) is 67.7 cm³/mol. The fraction of sp³-hybridized carbons (Fsp3) is 0.333. The van der Waals surface area contributed by atoms with Crippen molar-refractivity contribution in [2.24, 2.45) is 0 Å². The molecule has 1 rings (SSSR count). The Hall–Kier alpha value is -2.62.